The van der Waals surface area contributed by atoms with Gasteiger partial charge in [-0.1, -0.05) is 6.07 Å². The van der Waals surface area contributed by atoms with Crippen LogP contribution in [-0.2, 0) is 4.79 Å². The second-order valence-corrected chi connectivity index (χ2v) is 7.76. The first-order valence-corrected chi connectivity index (χ1v) is 9.97. The molecule has 7 heteroatoms. The van der Waals surface area contributed by atoms with Gasteiger partial charge in [-0.25, -0.2) is 0 Å². The zero-order valence-electron chi connectivity index (χ0n) is 14.4. The first kappa shape index (κ1) is 16.9. The van der Waals surface area contributed by atoms with Crippen molar-refractivity contribution in [3.63, 3.8) is 0 Å². The summed E-state index contributed by atoms with van der Waals surface area (Å²) in [4.78, 5) is 14.8. The Kier molecular flexibility index (Phi) is 5.24. The smallest absolute Gasteiger partial charge is 0.238 e. The van der Waals surface area contributed by atoms with Crippen molar-refractivity contribution < 1.29 is 4.79 Å². The summed E-state index contributed by atoms with van der Waals surface area (Å²) >= 11 is 1.18. The quantitative estimate of drug-likeness (QED) is 0.877. The summed E-state index contributed by atoms with van der Waals surface area (Å²) in [7, 11) is 0. The molecule has 0 spiro atoms. The highest BCUT2D eigenvalue weighted by Gasteiger charge is 2.29. The molecule has 2 saturated heterocycles. The first-order valence-electron chi connectivity index (χ1n) is 9.24. The van der Waals surface area contributed by atoms with Gasteiger partial charge < -0.3 is 10.6 Å². The van der Waals surface area contributed by atoms with Crippen LogP contribution in [0.1, 0.15) is 25.7 Å². The molecule has 6 nitrogen and oxygen atoms in total. The van der Waals surface area contributed by atoms with Crippen molar-refractivity contribution >= 4 is 34.4 Å². The number of anilines is 1. The number of nitrogens with one attached hydrogen (secondary N) is 2. The molecule has 2 aliphatic heterocycles. The average Bonchev–Trinajstić information content (AvgIpc) is 3.12. The van der Waals surface area contributed by atoms with E-state index in [1.165, 1.54) is 37.4 Å². The molecule has 0 radical (unpaired) electrons. The highest BCUT2D eigenvalue weighted by Crippen LogP contribution is 2.28. The average molecular weight is 359 g/mol. The van der Waals surface area contributed by atoms with Crippen molar-refractivity contribution in [3.05, 3.63) is 18.2 Å². The van der Waals surface area contributed by atoms with Crippen LogP contribution in [0.4, 0.5) is 5.69 Å². The van der Waals surface area contributed by atoms with Crippen LogP contribution in [0, 0.1) is 11.8 Å². The third-order valence-electron chi connectivity index (χ3n) is 5.47. The molecule has 1 aromatic heterocycles. The number of hydrogen-bond acceptors (Lipinski definition) is 6. The van der Waals surface area contributed by atoms with Crippen LogP contribution in [0.3, 0.4) is 0 Å². The fourth-order valence-corrected chi connectivity index (χ4v) is 4.75. The summed E-state index contributed by atoms with van der Waals surface area (Å²) in [5.41, 5.74) is 2.39. The van der Waals surface area contributed by atoms with Gasteiger partial charge in [0, 0.05) is 6.54 Å². The molecule has 3 heterocycles. The van der Waals surface area contributed by atoms with Crippen molar-refractivity contribution in [3.8, 4) is 0 Å². The number of carbonyl (C=O) groups excluding carboxylic acids is 1. The van der Waals surface area contributed by atoms with Gasteiger partial charge in [0.05, 0.1) is 24.0 Å². The lowest BCUT2D eigenvalue weighted by Crippen LogP contribution is -2.45. The van der Waals surface area contributed by atoms with Gasteiger partial charge in [0.25, 0.3) is 0 Å². The van der Waals surface area contributed by atoms with Gasteiger partial charge >= 0.3 is 0 Å². The van der Waals surface area contributed by atoms with Crippen LogP contribution < -0.4 is 10.6 Å². The molecule has 2 aliphatic rings. The molecule has 0 aliphatic carbocycles. The maximum Gasteiger partial charge on any atom is 0.238 e. The highest BCUT2D eigenvalue weighted by molar-refractivity contribution is 7.00. The number of piperidine rings is 2. The topological polar surface area (TPSA) is 70.2 Å². The number of amides is 1. The van der Waals surface area contributed by atoms with E-state index < -0.39 is 0 Å². The van der Waals surface area contributed by atoms with E-state index in [1.807, 2.05) is 18.2 Å². The Hall–Kier alpha value is -1.57. The van der Waals surface area contributed by atoms with Gasteiger partial charge in [-0.05, 0) is 69.3 Å². The van der Waals surface area contributed by atoms with Crippen LogP contribution in [0.15, 0.2) is 18.2 Å². The van der Waals surface area contributed by atoms with Gasteiger partial charge in [-0.2, -0.15) is 8.75 Å². The van der Waals surface area contributed by atoms with Gasteiger partial charge in [-0.3, -0.25) is 9.69 Å². The van der Waals surface area contributed by atoms with Crippen LogP contribution in [-0.4, -0.2) is 52.3 Å². The van der Waals surface area contributed by atoms with E-state index in [1.54, 1.807) is 0 Å². The number of benzene rings is 1. The number of rotatable bonds is 4. The molecule has 0 bridgehead atoms. The number of nitrogens with zero attached hydrogens (tertiary/aromatic N) is 3. The van der Waals surface area contributed by atoms with E-state index >= 15 is 0 Å². The fourth-order valence-electron chi connectivity index (χ4n) is 4.20. The van der Waals surface area contributed by atoms with E-state index in [-0.39, 0.29) is 5.91 Å². The third kappa shape index (κ3) is 3.99. The minimum atomic E-state index is 0.0444. The minimum Gasteiger partial charge on any atom is -0.323 e. The maximum atomic E-state index is 12.5. The van der Waals surface area contributed by atoms with E-state index in [0.717, 1.165) is 54.7 Å². The van der Waals surface area contributed by atoms with Crippen molar-refractivity contribution in [1.82, 2.24) is 19.0 Å². The van der Waals surface area contributed by atoms with Gasteiger partial charge in [0.1, 0.15) is 11.0 Å². The molecule has 134 valence electrons. The predicted molar refractivity (Wildman–Crippen MR) is 101 cm³/mol. The number of fused-ring (bicyclic) bond motifs is 1. The van der Waals surface area contributed by atoms with E-state index in [2.05, 4.69) is 24.3 Å². The Morgan fingerprint density at radius 2 is 2.20 bits per heavy atom. The molecule has 2 unspecified atom stereocenters. The molecule has 2 atom stereocenters. The molecule has 4 rings (SSSR count). The monoisotopic (exact) mass is 359 g/mol. The second-order valence-electron chi connectivity index (χ2n) is 7.23. The fraction of sp³-hybridized carbons (Fsp3) is 0.611. The second kappa shape index (κ2) is 7.76. The van der Waals surface area contributed by atoms with Crippen LogP contribution >= 0.6 is 11.7 Å². The largest absolute Gasteiger partial charge is 0.323 e. The lowest BCUT2D eigenvalue weighted by atomic mass is 9.81. The molecule has 25 heavy (non-hydrogen) atoms. The van der Waals surface area contributed by atoms with Crippen LogP contribution in [0.5, 0.6) is 0 Å². The van der Waals surface area contributed by atoms with Crippen LogP contribution in [0.25, 0.3) is 11.0 Å². The summed E-state index contributed by atoms with van der Waals surface area (Å²) < 4.78 is 8.51. The summed E-state index contributed by atoms with van der Waals surface area (Å²) in [6, 6.07) is 5.72. The molecule has 2 N–H and O–H groups in total. The van der Waals surface area contributed by atoms with E-state index in [4.69, 9.17) is 0 Å². The van der Waals surface area contributed by atoms with Gasteiger partial charge in [0.2, 0.25) is 5.91 Å². The van der Waals surface area contributed by atoms with E-state index in [0.29, 0.717) is 6.54 Å². The van der Waals surface area contributed by atoms with Crippen molar-refractivity contribution in [2.45, 2.75) is 25.7 Å². The van der Waals surface area contributed by atoms with Crippen molar-refractivity contribution in [2.24, 2.45) is 11.8 Å². The number of aromatic nitrogens is 2. The first-order chi connectivity index (χ1) is 12.3. The number of hydrogen-bond donors (Lipinski definition) is 2. The lowest BCUT2D eigenvalue weighted by molar-refractivity contribution is -0.117. The lowest BCUT2D eigenvalue weighted by Gasteiger charge is -2.38. The molecule has 1 amide bonds. The summed E-state index contributed by atoms with van der Waals surface area (Å²) in [6.45, 7) is 4.83. The molecule has 2 fully saturated rings. The molecular formula is C18H25N5OS. The van der Waals surface area contributed by atoms with Crippen molar-refractivity contribution in [2.75, 3.05) is 38.0 Å². The maximum absolute atomic E-state index is 12.5. The van der Waals surface area contributed by atoms with Crippen molar-refractivity contribution in [1.29, 1.82) is 0 Å². The summed E-state index contributed by atoms with van der Waals surface area (Å²) in [5.74, 6) is 1.54. The molecule has 1 aromatic carbocycles. The third-order valence-corrected chi connectivity index (χ3v) is 6.01. The Bertz CT molecular complexity index is 727. The Morgan fingerprint density at radius 3 is 3.08 bits per heavy atom. The summed E-state index contributed by atoms with van der Waals surface area (Å²) in [6.07, 6.45) is 5.11. The molecule has 2 aromatic rings. The highest BCUT2D eigenvalue weighted by atomic mass is 32.1. The number of carbonyl (C=O) groups is 1. The molecular weight excluding hydrogens is 334 g/mol. The van der Waals surface area contributed by atoms with Gasteiger partial charge in [0.15, 0.2) is 0 Å². The Morgan fingerprint density at radius 1 is 1.28 bits per heavy atom. The summed E-state index contributed by atoms with van der Waals surface area (Å²) in [5, 5.41) is 6.55. The number of likely N-dealkylation sites (tertiary alicyclic amines) is 1. The molecule has 0 saturated carbocycles. The zero-order chi connectivity index (χ0) is 17.1. The van der Waals surface area contributed by atoms with Gasteiger partial charge in [-0.15, -0.1) is 0 Å². The normalized spacial score (nSPS) is 25.1. The minimum absolute atomic E-state index is 0.0444. The standard InChI is InChI=1S/C18H25N5OS/c24-17(20-15-6-1-7-16-18(15)22-25-21-16)12-23-9-3-5-14(11-23)13-4-2-8-19-10-13/h1,6-7,13-14,19H,2-5,8-12H2,(H,20,24). The van der Waals surface area contributed by atoms with Crippen LogP contribution in [0.2, 0.25) is 0 Å². The predicted octanol–water partition coefficient (Wildman–Crippen LogP) is 2.34. The van der Waals surface area contributed by atoms with E-state index in [9.17, 15) is 4.79 Å². The SMILES string of the molecule is O=C(CN1CCCC(C2CCCNC2)C1)Nc1cccc2nsnc12. The zero-order valence-corrected chi connectivity index (χ0v) is 15.2. The Balaban J connectivity index is 1.35. The Labute approximate surface area is 152 Å².